The van der Waals surface area contributed by atoms with Crippen LogP contribution in [0.5, 0.6) is 5.75 Å². The first-order valence-corrected chi connectivity index (χ1v) is 12.1. The molecule has 0 spiro atoms. The first kappa shape index (κ1) is 31.2. The zero-order chi connectivity index (χ0) is 29.0. The van der Waals surface area contributed by atoms with Gasteiger partial charge in [-0.05, 0) is 62.6 Å². The normalized spacial score (nSPS) is 11.2. The third-order valence-corrected chi connectivity index (χ3v) is 5.02. The van der Waals surface area contributed by atoms with Crippen LogP contribution in [0.3, 0.4) is 0 Å². The first-order chi connectivity index (χ1) is 18.5. The number of aryl methyl sites for hydroxylation is 2. The predicted octanol–water partition coefficient (Wildman–Crippen LogP) is 6.48. The van der Waals surface area contributed by atoms with Crippen LogP contribution in [0.1, 0.15) is 59.4 Å². The number of benzene rings is 2. The summed E-state index contributed by atoms with van der Waals surface area (Å²) >= 11 is 0. The first-order valence-electron chi connectivity index (χ1n) is 12.1. The third kappa shape index (κ3) is 9.97. The summed E-state index contributed by atoms with van der Waals surface area (Å²) < 4.78 is 57.0. The van der Waals surface area contributed by atoms with E-state index >= 15 is 0 Å². The van der Waals surface area contributed by atoms with E-state index in [1.54, 1.807) is 6.92 Å². The second-order valence-electron chi connectivity index (χ2n) is 8.37. The fourth-order valence-corrected chi connectivity index (χ4v) is 3.07. The number of rotatable bonds is 9. The highest BCUT2D eigenvalue weighted by molar-refractivity contribution is 6.05. The van der Waals surface area contributed by atoms with E-state index in [1.165, 1.54) is 37.4 Å². The fraction of sp³-hybridized carbons (Fsp3) is 0.333. The summed E-state index contributed by atoms with van der Waals surface area (Å²) in [7, 11) is 0. The Balaban J connectivity index is 0.000000673. The van der Waals surface area contributed by atoms with E-state index in [0.29, 0.717) is 5.56 Å². The summed E-state index contributed by atoms with van der Waals surface area (Å²) in [4.78, 5) is 20.1. The van der Waals surface area contributed by atoms with Gasteiger partial charge >= 0.3 is 6.18 Å². The van der Waals surface area contributed by atoms with Gasteiger partial charge in [0.05, 0.1) is 23.7 Å². The molecule has 1 aromatic heterocycles. The summed E-state index contributed by atoms with van der Waals surface area (Å²) in [6.07, 6.45) is -0.0920. The molecule has 0 aliphatic heterocycles. The van der Waals surface area contributed by atoms with Gasteiger partial charge in [0.25, 0.3) is 5.91 Å². The monoisotopic (exact) mass is 549 g/mol. The van der Waals surface area contributed by atoms with Gasteiger partial charge in [0, 0.05) is 30.0 Å². The Morgan fingerprint density at radius 2 is 1.82 bits per heavy atom. The molecule has 0 aliphatic carbocycles. The number of anilines is 2. The molecule has 210 valence electrons. The van der Waals surface area contributed by atoms with Crippen LogP contribution >= 0.6 is 0 Å². The average molecular weight is 550 g/mol. The lowest BCUT2D eigenvalue weighted by atomic mass is 10.0. The van der Waals surface area contributed by atoms with Gasteiger partial charge in [0.1, 0.15) is 5.75 Å². The number of nitrogens with zero attached hydrogens (tertiary/aromatic N) is 3. The molecule has 0 fully saturated rings. The Labute approximate surface area is 224 Å². The molecule has 0 radical (unpaired) electrons. The minimum absolute atomic E-state index is 0.0230. The predicted molar refractivity (Wildman–Crippen MR) is 142 cm³/mol. The minimum Gasteiger partial charge on any atom is -0.507 e. The SMILES string of the molecule is CCCOCCC.Cc1cc(C(=O)Nc2cccc(C(F)(F)F)c2)cc(/C=N\Nc2ncc(F)c(C)n2)c1O. The van der Waals surface area contributed by atoms with Crippen molar-refractivity contribution in [2.45, 2.75) is 46.7 Å². The van der Waals surface area contributed by atoms with E-state index in [0.717, 1.165) is 44.4 Å². The zero-order valence-electron chi connectivity index (χ0n) is 22.1. The van der Waals surface area contributed by atoms with Crippen molar-refractivity contribution in [1.82, 2.24) is 9.97 Å². The Morgan fingerprint density at radius 3 is 2.44 bits per heavy atom. The van der Waals surface area contributed by atoms with Gasteiger partial charge in [0.2, 0.25) is 5.95 Å². The molecule has 8 nitrogen and oxygen atoms in total. The molecular formula is C27H31F4N5O3. The van der Waals surface area contributed by atoms with Gasteiger partial charge in [-0.2, -0.15) is 18.3 Å². The number of halogens is 4. The maximum absolute atomic E-state index is 13.2. The molecule has 0 aliphatic rings. The quantitative estimate of drug-likeness (QED) is 0.122. The summed E-state index contributed by atoms with van der Waals surface area (Å²) in [5.74, 6) is -1.38. The maximum Gasteiger partial charge on any atom is 0.416 e. The molecule has 1 heterocycles. The second-order valence-corrected chi connectivity index (χ2v) is 8.37. The van der Waals surface area contributed by atoms with Crippen LogP contribution in [0.4, 0.5) is 29.2 Å². The number of phenolic OH excluding ortho intramolecular Hbond substituents is 1. The van der Waals surface area contributed by atoms with Crippen molar-refractivity contribution in [1.29, 1.82) is 0 Å². The van der Waals surface area contributed by atoms with Crippen LogP contribution in [-0.2, 0) is 10.9 Å². The Kier molecular flexibility index (Phi) is 11.8. The number of hydrazone groups is 1. The van der Waals surface area contributed by atoms with E-state index in [-0.39, 0.29) is 34.2 Å². The molecule has 3 aromatic rings. The molecule has 0 bridgehead atoms. The second kappa shape index (κ2) is 14.8. The molecule has 0 saturated carbocycles. The summed E-state index contributed by atoms with van der Waals surface area (Å²) in [5.41, 5.74) is 2.26. The summed E-state index contributed by atoms with van der Waals surface area (Å²) in [6.45, 7) is 9.09. The van der Waals surface area contributed by atoms with Crippen molar-refractivity contribution in [3.63, 3.8) is 0 Å². The van der Waals surface area contributed by atoms with Crippen molar-refractivity contribution < 1.29 is 32.2 Å². The Morgan fingerprint density at radius 1 is 1.13 bits per heavy atom. The van der Waals surface area contributed by atoms with Crippen LogP contribution in [0.25, 0.3) is 0 Å². The number of amides is 1. The lowest BCUT2D eigenvalue weighted by Crippen LogP contribution is -2.14. The van der Waals surface area contributed by atoms with Crippen LogP contribution in [0.2, 0.25) is 0 Å². The van der Waals surface area contributed by atoms with E-state index in [9.17, 15) is 27.5 Å². The molecule has 1 amide bonds. The minimum atomic E-state index is -4.54. The van der Waals surface area contributed by atoms with Crippen molar-refractivity contribution in [2.24, 2.45) is 5.10 Å². The molecular weight excluding hydrogens is 518 g/mol. The van der Waals surface area contributed by atoms with Gasteiger partial charge in [-0.25, -0.2) is 19.8 Å². The van der Waals surface area contributed by atoms with Gasteiger partial charge in [-0.1, -0.05) is 19.9 Å². The number of hydrogen-bond acceptors (Lipinski definition) is 7. The van der Waals surface area contributed by atoms with Crippen molar-refractivity contribution in [3.8, 4) is 5.75 Å². The van der Waals surface area contributed by atoms with E-state index < -0.39 is 23.5 Å². The number of aromatic nitrogens is 2. The third-order valence-electron chi connectivity index (χ3n) is 5.02. The largest absolute Gasteiger partial charge is 0.507 e. The molecule has 12 heteroatoms. The van der Waals surface area contributed by atoms with Crippen LogP contribution in [-0.4, -0.2) is 40.4 Å². The lowest BCUT2D eigenvalue weighted by molar-refractivity contribution is -0.137. The average Bonchev–Trinajstić information content (AvgIpc) is 2.89. The molecule has 0 unspecified atom stereocenters. The van der Waals surface area contributed by atoms with Gasteiger partial charge in [-0.15, -0.1) is 0 Å². The maximum atomic E-state index is 13.2. The van der Waals surface area contributed by atoms with Crippen molar-refractivity contribution in [3.05, 3.63) is 76.4 Å². The molecule has 0 saturated heterocycles. The smallest absolute Gasteiger partial charge is 0.416 e. The standard InChI is InChI=1S/C21H17F4N5O2.C6H14O/c1-11-6-13(19(32)29-16-5-3-4-15(8-16)21(23,24)25)7-14(18(11)31)9-27-30-20-26-10-17(22)12(2)28-20;1-3-5-7-6-4-2/h3-10,31H,1-2H3,(H,29,32)(H,26,28,30);3-6H2,1-2H3/b27-9-;. The number of ether oxygens (including phenoxy) is 1. The number of phenols is 1. The van der Waals surface area contributed by atoms with E-state index in [2.05, 4.69) is 39.7 Å². The zero-order valence-corrected chi connectivity index (χ0v) is 22.1. The Bertz CT molecular complexity index is 1280. The number of alkyl halides is 3. The van der Waals surface area contributed by atoms with E-state index in [4.69, 9.17) is 4.74 Å². The highest BCUT2D eigenvalue weighted by atomic mass is 19.4. The number of hydrogen-bond donors (Lipinski definition) is 3. The van der Waals surface area contributed by atoms with Gasteiger partial charge in [-0.3, -0.25) is 4.79 Å². The molecule has 2 aromatic carbocycles. The topological polar surface area (TPSA) is 109 Å². The molecule has 39 heavy (non-hydrogen) atoms. The fourth-order valence-electron chi connectivity index (χ4n) is 3.07. The van der Waals surface area contributed by atoms with Gasteiger partial charge < -0.3 is 15.2 Å². The van der Waals surface area contributed by atoms with Crippen molar-refractivity contribution in [2.75, 3.05) is 24.0 Å². The Hall–Kier alpha value is -4.06. The number of aromatic hydroxyl groups is 1. The van der Waals surface area contributed by atoms with Crippen LogP contribution < -0.4 is 10.7 Å². The van der Waals surface area contributed by atoms with Gasteiger partial charge in [0.15, 0.2) is 5.82 Å². The van der Waals surface area contributed by atoms with Crippen molar-refractivity contribution >= 4 is 23.8 Å². The highest BCUT2D eigenvalue weighted by Gasteiger charge is 2.30. The molecule has 3 N–H and O–H groups in total. The summed E-state index contributed by atoms with van der Waals surface area (Å²) in [6, 6.07) is 6.93. The molecule has 0 atom stereocenters. The summed E-state index contributed by atoms with van der Waals surface area (Å²) in [5, 5.41) is 16.5. The number of carbonyl (C=O) groups is 1. The van der Waals surface area contributed by atoms with Crippen LogP contribution in [0, 0.1) is 19.7 Å². The van der Waals surface area contributed by atoms with Crippen LogP contribution in [0.15, 0.2) is 47.7 Å². The number of carbonyl (C=O) groups excluding carboxylic acids is 1. The van der Waals surface area contributed by atoms with E-state index in [1.807, 2.05) is 0 Å². The lowest BCUT2D eigenvalue weighted by Gasteiger charge is -2.11. The molecule has 3 rings (SSSR count). The number of nitrogens with one attached hydrogen (secondary N) is 2. The highest BCUT2D eigenvalue weighted by Crippen LogP contribution is 2.31.